The lowest BCUT2D eigenvalue weighted by Gasteiger charge is -2.35. The van der Waals surface area contributed by atoms with Crippen LogP contribution in [0.5, 0.6) is 0 Å². The maximum absolute atomic E-state index is 6.16. The van der Waals surface area contributed by atoms with Gasteiger partial charge in [-0.15, -0.1) is 0 Å². The Morgan fingerprint density at radius 3 is 2.76 bits per heavy atom. The third kappa shape index (κ3) is 6.89. The van der Waals surface area contributed by atoms with Gasteiger partial charge in [-0.3, -0.25) is 0 Å². The second-order valence-electron chi connectivity index (χ2n) is 8.24. The van der Waals surface area contributed by atoms with Gasteiger partial charge in [0.05, 0.1) is 25.4 Å². The number of piperidine rings is 1. The van der Waals surface area contributed by atoms with Crippen LogP contribution in [0.4, 0.5) is 5.69 Å². The molecule has 2 heterocycles. The molecular weight excluding hydrogens is 364 g/mol. The molecule has 0 spiro atoms. The van der Waals surface area contributed by atoms with Crippen molar-refractivity contribution in [2.75, 3.05) is 51.8 Å². The molecule has 1 aromatic carbocycles. The summed E-state index contributed by atoms with van der Waals surface area (Å²) in [5.41, 5.74) is 2.44. The molecule has 2 aliphatic rings. The molecule has 0 radical (unpaired) electrons. The third-order valence-corrected chi connectivity index (χ3v) is 5.71. The number of ether oxygens (including phenoxy) is 2. The van der Waals surface area contributed by atoms with Crippen molar-refractivity contribution in [3.8, 4) is 0 Å². The number of hydrogen-bond acceptors (Lipinski definition) is 4. The number of nitrogens with zero attached hydrogens (tertiary/aromatic N) is 3. The lowest BCUT2D eigenvalue weighted by molar-refractivity contribution is -0.0721. The van der Waals surface area contributed by atoms with Crippen molar-refractivity contribution in [1.29, 1.82) is 0 Å². The van der Waals surface area contributed by atoms with Gasteiger partial charge in [-0.25, -0.2) is 4.99 Å². The van der Waals surface area contributed by atoms with E-state index >= 15 is 0 Å². The highest BCUT2D eigenvalue weighted by Gasteiger charge is 2.23. The largest absolute Gasteiger partial charge is 0.378 e. The lowest BCUT2D eigenvalue weighted by Crippen LogP contribution is -2.47. The fraction of sp³-hybridized carbons (Fsp3) is 0.696. The molecular formula is C23H38N4O2. The van der Waals surface area contributed by atoms with Crippen molar-refractivity contribution in [3.63, 3.8) is 0 Å². The molecule has 2 aliphatic heterocycles. The zero-order chi connectivity index (χ0) is 20.5. The Hall–Kier alpha value is -1.79. The van der Waals surface area contributed by atoms with Crippen LogP contribution in [0.15, 0.2) is 29.3 Å². The van der Waals surface area contributed by atoms with Gasteiger partial charge < -0.3 is 24.6 Å². The number of nitrogens with one attached hydrogen (secondary N) is 1. The highest BCUT2D eigenvalue weighted by atomic mass is 16.5. The summed E-state index contributed by atoms with van der Waals surface area (Å²) in [6, 6.07) is 8.58. The third-order valence-electron chi connectivity index (χ3n) is 5.71. The molecule has 6 nitrogen and oxygen atoms in total. The van der Waals surface area contributed by atoms with E-state index in [4.69, 9.17) is 14.5 Å². The zero-order valence-corrected chi connectivity index (χ0v) is 18.4. The monoisotopic (exact) mass is 402 g/mol. The summed E-state index contributed by atoms with van der Waals surface area (Å²) in [5, 5.41) is 3.46. The molecule has 0 saturated carbocycles. The molecule has 0 aromatic heterocycles. The van der Waals surface area contributed by atoms with Crippen molar-refractivity contribution in [3.05, 3.63) is 29.8 Å². The maximum Gasteiger partial charge on any atom is 0.194 e. The standard InChI is InChI=1S/C23H38N4O2/c1-4-24-23(25-17-19-8-7-9-20(16-19)26(2)3)27-13-11-21(12-14-27)29-18-22-10-5-6-15-28-22/h7-9,16,21-22H,4-6,10-15,17-18H2,1-3H3,(H,24,25). The number of anilines is 1. The minimum absolute atomic E-state index is 0.304. The highest BCUT2D eigenvalue weighted by molar-refractivity contribution is 5.80. The van der Waals surface area contributed by atoms with E-state index in [9.17, 15) is 0 Å². The molecule has 0 amide bonds. The van der Waals surface area contributed by atoms with E-state index in [0.717, 1.165) is 58.1 Å². The first-order chi connectivity index (χ1) is 14.2. The van der Waals surface area contributed by atoms with Crippen LogP contribution >= 0.6 is 0 Å². The first-order valence-corrected chi connectivity index (χ1v) is 11.2. The number of hydrogen-bond donors (Lipinski definition) is 1. The average molecular weight is 403 g/mol. The van der Waals surface area contributed by atoms with Gasteiger partial charge in [0.25, 0.3) is 0 Å². The van der Waals surface area contributed by atoms with Crippen molar-refractivity contribution in [2.24, 2.45) is 4.99 Å². The Kier molecular flexibility index (Phi) is 8.62. The van der Waals surface area contributed by atoms with Crippen LogP contribution in [0.1, 0.15) is 44.6 Å². The Morgan fingerprint density at radius 1 is 1.24 bits per heavy atom. The Bertz CT molecular complexity index is 636. The lowest BCUT2D eigenvalue weighted by atomic mass is 10.1. The van der Waals surface area contributed by atoms with Gasteiger partial charge >= 0.3 is 0 Å². The smallest absolute Gasteiger partial charge is 0.194 e. The second kappa shape index (κ2) is 11.4. The van der Waals surface area contributed by atoms with Crippen LogP contribution in [0.2, 0.25) is 0 Å². The fourth-order valence-corrected chi connectivity index (χ4v) is 3.94. The van der Waals surface area contributed by atoms with Gasteiger partial charge in [-0.2, -0.15) is 0 Å². The van der Waals surface area contributed by atoms with E-state index in [1.54, 1.807) is 0 Å². The Balaban J connectivity index is 1.49. The Morgan fingerprint density at radius 2 is 2.07 bits per heavy atom. The second-order valence-corrected chi connectivity index (χ2v) is 8.24. The molecule has 1 N–H and O–H groups in total. The molecule has 1 unspecified atom stereocenters. The van der Waals surface area contributed by atoms with Gasteiger partial charge in [0.2, 0.25) is 0 Å². The summed E-state index contributed by atoms with van der Waals surface area (Å²) in [4.78, 5) is 9.40. The van der Waals surface area contributed by atoms with Gasteiger partial charge in [-0.1, -0.05) is 12.1 Å². The van der Waals surface area contributed by atoms with Crippen LogP contribution in [0.25, 0.3) is 0 Å². The first kappa shape index (κ1) is 21.9. The van der Waals surface area contributed by atoms with E-state index in [1.165, 1.54) is 24.1 Å². The molecule has 1 atom stereocenters. The summed E-state index contributed by atoms with van der Waals surface area (Å²) in [6.07, 6.45) is 6.36. The number of guanidine groups is 1. The highest BCUT2D eigenvalue weighted by Crippen LogP contribution is 2.18. The van der Waals surface area contributed by atoms with E-state index in [2.05, 4.69) is 60.4 Å². The predicted molar refractivity (Wildman–Crippen MR) is 120 cm³/mol. The molecule has 2 fully saturated rings. The predicted octanol–water partition coefficient (Wildman–Crippen LogP) is 3.27. The molecule has 6 heteroatoms. The normalized spacial score (nSPS) is 21.3. The molecule has 3 rings (SSSR count). The Labute approximate surface area is 176 Å². The minimum Gasteiger partial charge on any atom is -0.378 e. The van der Waals surface area contributed by atoms with Crippen molar-refractivity contribution in [2.45, 2.75) is 57.8 Å². The van der Waals surface area contributed by atoms with Crippen LogP contribution in [-0.2, 0) is 16.0 Å². The summed E-state index contributed by atoms with van der Waals surface area (Å²) in [5.74, 6) is 1.01. The van der Waals surface area contributed by atoms with Gasteiger partial charge in [-0.05, 0) is 56.7 Å². The van der Waals surface area contributed by atoms with Crippen LogP contribution in [-0.4, -0.2) is 70.0 Å². The summed E-state index contributed by atoms with van der Waals surface area (Å²) in [6.45, 7) is 7.32. The minimum atomic E-state index is 0.304. The number of aliphatic imine (C=N–C) groups is 1. The maximum atomic E-state index is 6.16. The van der Waals surface area contributed by atoms with Crippen molar-refractivity contribution >= 4 is 11.6 Å². The molecule has 0 aliphatic carbocycles. The van der Waals surface area contributed by atoms with E-state index in [-0.39, 0.29) is 0 Å². The number of likely N-dealkylation sites (tertiary alicyclic amines) is 1. The SMILES string of the molecule is CCNC(=NCc1cccc(N(C)C)c1)N1CCC(OCC2CCCCO2)CC1. The fourth-order valence-electron chi connectivity index (χ4n) is 3.94. The quantitative estimate of drug-likeness (QED) is 0.560. The first-order valence-electron chi connectivity index (χ1n) is 11.2. The zero-order valence-electron chi connectivity index (χ0n) is 18.4. The van der Waals surface area contributed by atoms with Crippen LogP contribution in [0, 0.1) is 0 Å². The molecule has 1 aromatic rings. The number of rotatable bonds is 7. The van der Waals surface area contributed by atoms with E-state index in [1.807, 2.05) is 0 Å². The summed E-state index contributed by atoms with van der Waals surface area (Å²) in [7, 11) is 4.14. The molecule has 0 bridgehead atoms. The van der Waals surface area contributed by atoms with Crippen LogP contribution in [0.3, 0.4) is 0 Å². The van der Waals surface area contributed by atoms with Crippen molar-refractivity contribution < 1.29 is 9.47 Å². The molecule has 29 heavy (non-hydrogen) atoms. The summed E-state index contributed by atoms with van der Waals surface area (Å²) < 4.78 is 11.9. The van der Waals surface area contributed by atoms with E-state index in [0.29, 0.717) is 18.8 Å². The van der Waals surface area contributed by atoms with Gasteiger partial charge in [0.1, 0.15) is 0 Å². The van der Waals surface area contributed by atoms with Gasteiger partial charge in [0.15, 0.2) is 5.96 Å². The van der Waals surface area contributed by atoms with Crippen molar-refractivity contribution in [1.82, 2.24) is 10.2 Å². The molecule has 162 valence electrons. The van der Waals surface area contributed by atoms with E-state index < -0.39 is 0 Å². The summed E-state index contributed by atoms with van der Waals surface area (Å²) >= 11 is 0. The van der Waals surface area contributed by atoms with Gasteiger partial charge in [0, 0.05) is 46.0 Å². The van der Waals surface area contributed by atoms with Crippen LogP contribution < -0.4 is 10.2 Å². The topological polar surface area (TPSA) is 49.3 Å². The molecule has 2 saturated heterocycles. The number of benzene rings is 1. The average Bonchev–Trinajstić information content (AvgIpc) is 2.76.